The Labute approximate surface area is 351 Å². The van der Waals surface area contributed by atoms with Gasteiger partial charge in [-0.3, -0.25) is 13.9 Å². The number of carbonyl (C=O) groups excluding carboxylic acids is 4. The molecule has 6 rings (SSSR count). The fourth-order valence-electron chi connectivity index (χ4n) is 6.84. The first-order valence-electron chi connectivity index (χ1n) is 19.3. The topological polar surface area (TPSA) is 210 Å². The summed E-state index contributed by atoms with van der Waals surface area (Å²) in [5, 5.41) is 9.83. The van der Waals surface area contributed by atoms with E-state index in [9.17, 15) is 27.6 Å². The van der Waals surface area contributed by atoms with Gasteiger partial charge in [-0.25, -0.2) is 23.0 Å². The van der Waals surface area contributed by atoms with Crippen LogP contribution in [0.5, 0.6) is 0 Å². The molecule has 15 nitrogen and oxygen atoms in total. The van der Waals surface area contributed by atoms with E-state index in [4.69, 9.17) is 15.0 Å². The minimum atomic E-state index is -4.40. The highest BCUT2D eigenvalue weighted by molar-refractivity contribution is 7.92. The van der Waals surface area contributed by atoms with Crippen LogP contribution in [0.3, 0.4) is 0 Å². The molecule has 0 spiro atoms. The SMILES string of the molecule is CCOC(=O)c1ccc(N(C(C)CN=[N+]=[N-])S(=O)(=O)c2cccc(C(=O)Nc3sc4c(c3C(=O)Nc3ccc(CCc5ccc(C(=O)OC)cc5)cc3)CCCC4)c2)cn1. The number of nitrogens with one attached hydrogen (secondary N) is 2. The third kappa shape index (κ3) is 10.00. The Balaban J connectivity index is 1.19. The summed E-state index contributed by atoms with van der Waals surface area (Å²) < 4.78 is 39.3. The summed E-state index contributed by atoms with van der Waals surface area (Å²) in [4.78, 5) is 59.5. The number of hydrogen-bond donors (Lipinski definition) is 2. The van der Waals surface area contributed by atoms with Crippen LogP contribution >= 0.6 is 11.3 Å². The molecule has 1 atom stereocenters. The number of esters is 2. The van der Waals surface area contributed by atoms with Crippen molar-refractivity contribution in [1.82, 2.24) is 4.98 Å². The second kappa shape index (κ2) is 19.5. The highest BCUT2D eigenvalue weighted by atomic mass is 32.2. The number of anilines is 3. The van der Waals surface area contributed by atoms with E-state index in [2.05, 4.69) is 25.6 Å². The van der Waals surface area contributed by atoms with E-state index in [0.717, 1.165) is 58.0 Å². The van der Waals surface area contributed by atoms with Gasteiger partial charge in [-0.05, 0) is 129 Å². The molecule has 3 aromatic carbocycles. The first-order valence-corrected chi connectivity index (χ1v) is 21.5. The quantitative estimate of drug-likeness (QED) is 0.0424. The Hall–Kier alpha value is -6.55. The third-order valence-corrected chi connectivity index (χ3v) is 13.0. The van der Waals surface area contributed by atoms with Crippen LogP contribution in [0.15, 0.2) is 101 Å². The molecular weight excluding hydrogens is 807 g/mol. The lowest BCUT2D eigenvalue weighted by molar-refractivity contribution is 0.0518. The molecule has 2 N–H and O–H groups in total. The van der Waals surface area contributed by atoms with Gasteiger partial charge in [-0.15, -0.1) is 11.3 Å². The van der Waals surface area contributed by atoms with Gasteiger partial charge in [0.15, 0.2) is 0 Å². The zero-order valence-electron chi connectivity index (χ0n) is 33.2. The van der Waals surface area contributed by atoms with E-state index in [-0.39, 0.29) is 46.9 Å². The van der Waals surface area contributed by atoms with Gasteiger partial charge in [0, 0.05) is 33.6 Å². The van der Waals surface area contributed by atoms with Crippen LogP contribution < -0.4 is 14.9 Å². The van der Waals surface area contributed by atoms with Crippen molar-refractivity contribution in [2.75, 3.05) is 35.2 Å². The number of azide groups is 1. The number of aromatic nitrogens is 1. The van der Waals surface area contributed by atoms with Gasteiger partial charge in [-0.1, -0.05) is 35.4 Å². The summed E-state index contributed by atoms with van der Waals surface area (Å²) in [6.45, 7) is 3.12. The number of methoxy groups -OCH3 is 1. The van der Waals surface area contributed by atoms with Crippen LogP contribution in [0.25, 0.3) is 10.4 Å². The Morgan fingerprint density at radius 2 is 1.60 bits per heavy atom. The summed E-state index contributed by atoms with van der Waals surface area (Å²) in [5.74, 6) is -2.04. The molecular formula is C43H43N7O8S2. The summed E-state index contributed by atoms with van der Waals surface area (Å²) in [5.41, 5.74) is 13.5. The maximum atomic E-state index is 14.3. The van der Waals surface area contributed by atoms with E-state index in [1.807, 2.05) is 36.4 Å². The van der Waals surface area contributed by atoms with Crippen molar-refractivity contribution in [2.24, 2.45) is 5.11 Å². The van der Waals surface area contributed by atoms with Gasteiger partial charge in [0.1, 0.15) is 10.7 Å². The fourth-order valence-corrected chi connectivity index (χ4v) is 9.81. The van der Waals surface area contributed by atoms with Crippen molar-refractivity contribution in [1.29, 1.82) is 0 Å². The van der Waals surface area contributed by atoms with Gasteiger partial charge in [-0.2, -0.15) is 0 Å². The van der Waals surface area contributed by atoms with Crippen LogP contribution in [-0.2, 0) is 45.2 Å². The number of carbonyl (C=O) groups is 4. The van der Waals surface area contributed by atoms with Crippen molar-refractivity contribution >= 4 is 61.5 Å². The molecule has 17 heteroatoms. The molecule has 2 aromatic heterocycles. The molecule has 0 aliphatic heterocycles. The van der Waals surface area contributed by atoms with Crippen LogP contribution in [-0.4, -0.2) is 63.5 Å². The summed E-state index contributed by atoms with van der Waals surface area (Å²) in [6.07, 6.45) is 6.01. The maximum absolute atomic E-state index is 14.3. The predicted molar refractivity (Wildman–Crippen MR) is 228 cm³/mol. The average Bonchev–Trinajstić information content (AvgIpc) is 3.63. The first kappa shape index (κ1) is 43.0. The van der Waals surface area contributed by atoms with Gasteiger partial charge < -0.3 is 20.1 Å². The standard InChI is InChI=1S/C43H43N7O8S2/c1-4-58-43(54)36-23-22-33(26-45-36)50(27(2)25-46-49-44)60(55,56)34-9-7-8-31(24-34)39(51)48-41-38(35-10-5-6-11-37(35)59-41)40(52)47-32-20-16-29(17-21-32)13-12-28-14-18-30(19-15-28)42(53)57-3/h7-9,14-24,26-27H,4-6,10-13,25H2,1-3H3,(H,47,52)(H,48,51). The van der Waals surface area contributed by atoms with Crippen molar-refractivity contribution in [3.63, 3.8) is 0 Å². The lowest BCUT2D eigenvalue weighted by atomic mass is 9.95. The Kier molecular flexibility index (Phi) is 14.0. The normalized spacial score (nSPS) is 12.6. The third-order valence-electron chi connectivity index (χ3n) is 9.86. The van der Waals surface area contributed by atoms with E-state index in [0.29, 0.717) is 28.2 Å². The van der Waals surface area contributed by atoms with E-state index < -0.39 is 27.9 Å². The van der Waals surface area contributed by atoms with Gasteiger partial charge in [0.05, 0.1) is 41.6 Å². The molecule has 2 amide bonds. The number of ether oxygens (including phenoxy) is 2. The van der Waals surface area contributed by atoms with E-state index in [1.165, 1.54) is 61.0 Å². The predicted octanol–water partition coefficient (Wildman–Crippen LogP) is 8.17. The van der Waals surface area contributed by atoms with Gasteiger partial charge in [0.25, 0.3) is 21.8 Å². The summed E-state index contributed by atoms with van der Waals surface area (Å²) in [7, 11) is -3.06. The maximum Gasteiger partial charge on any atom is 0.356 e. The second-order valence-electron chi connectivity index (χ2n) is 13.9. The monoisotopic (exact) mass is 849 g/mol. The summed E-state index contributed by atoms with van der Waals surface area (Å²) >= 11 is 1.34. The smallest absolute Gasteiger partial charge is 0.356 e. The van der Waals surface area contributed by atoms with Crippen LogP contribution in [0, 0.1) is 0 Å². The number of benzene rings is 3. The van der Waals surface area contributed by atoms with Crippen LogP contribution in [0.2, 0.25) is 0 Å². The number of amides is 2. The lowest BCUT2D eigenvalue weighted by Crippen LogP contribution is -2.40. The largest absolute Gasteiger partial charge is 0.465 e. The van der Waals surface area contributed by atoms with Crippen molar-refractivity contribution in [3.05, 3.63) is 146 Å². The highest BCUT2D eigenvalue weighted by Crippen LogP contribution is 2.39. The summed E-state index contributed by atoms with van der Waals surface area (Å²) in [6, 6.07) is 22.2. The molecule has 310 valence electrons. The highest BCUT2D eigenvalue weighted by Gasteiger charge is 2.31. The molecule has 1 aliphatic rings. The van der Waals surface area contributed by atoms with E-state index >= 15 is 0 Å². The Morgan fingerprint density at radius 3 is 2.25 bits per heavy atom. The molecule has 0 radical (unpaired) electrons. The number of hydrogen-bond acceptors (Lipinski definition) is 11. The number of fused-ring (bicyclic) bond motifs is 1. The number of aryl methyl sites for hydroxylation is 3. The fraction of sp³-hybridized carbons (Fsp3) is 0.279. The molecule has 0 fully saturated rings. The molecule has 0 saturated carbocycles. The number of nitrogens with zero attached hydrogens (tertiary/aromatic N) is 5. The number of sulfonamides is 1. The Bertz CT molecular complexity index is 2540. The molecule has 5 aromatic rings. The van der Waals surface area contributed by atoms with Gasteiger partial charge >= 0.3 is 11.9 Å². The molecule has 2 heterocycles. The average molecular weight is 850 g/mol. The minimum absolute atomic E-state index is 0.0189. The second-order valence-corrected chi connectivity index (χ2v) is 16.8. The van der Waals surface area contributed by atoms with Gasteiger partial charge in [0.2, 0.25) is 0 Å². The minimum Gasteiger partial charge on any atom is -0.465 e. The number of rotatable bonds is 16. The lowest BCUT2D eigenvalue weighted by Gasteiger charge is -2.29. The Morgan fingerprint density at radius 1 is 0.900 bits per heavy atom. The van der Waals surface area contributed by atoms with Crippen LogP contribution in [0.1, 0.15) is 89.8 Å². The van der Waals surface area contributed by atoms with Crippen LogP contribution in [0.4, 0.5) is 16.4 Å². The van der Waals surface area contributed by atoms with Crippen molar-refractivity contribution < 1.29 is 37.1 Å². The van der Waals surface area contributed by atoms with Crippen molar-refractivity contribution in [3.8, 4) is 0 Å². The molecule has 0 bridgehead atoms. The van der Waals surface area contributed by atoms with E-state index in [1.54, 1.807) is 26.0 Å². The zero-order chi connectivity index (χ0) is 42.8. The molecule has 60 heavy (non-hydrogen) atoms. The first-order chi connectivity index (χ1) is 28.9. The molecule has 1 unspecified atom stereocenters. The molecule has 1 aliphatic carbocycles. The van der Waals surface area contributed by atoms with Crippen molar-refractivity contribution in [2.45, 2.75) is 63.3 Å². The number of pyridine rings is 1. The number of thiophene rings is 1. The zero-order valence-corrected chi connectivity index (χ0v) is 34.8. The molecule has 0 saturated heterocycles.